The molecule has 0 fully saturated rings. The topological polar surface area (TPSA) is 61.9 Å². The molecule has 0 saturated heterocycles. The monoisotopic (exact) mass is 356 g/mol. The van der Waals surface area contributed by atoms with E-state index in [0.717, 1.165) is 18.7 Å². The highest BCUT2D eigenvalue weighted by atomic mass is 127. The highest BCUT2D eigenvalue weighted by Crippen LogP contribution is 2.13. The molecule has 1 N–H and O–H groups in total. The van der Waals surface area contributed by atoms with Crippen molar-refractivity contribution in [2.45, 2.75) is 6.42 Å². The summed E-state index contributed by atoms with van der Waals surface area (Å²) in [6.45, 7) is 0.767. The molecule has 0 aliphatic heterocycles. The van der Waals surface area contributed by atoms with Crippen LogP contribution in [-0.2, 0) is 6.42 Å². The minimum Gasteiger partial charge on any atom is -0.358 e. The van der Waals surface area contributed by atoms with E-state index in [-0.39, 0.29) is 5.56 Å². The van der Waals surface area contributed by atoms with E-state index >= 15 is 0 Å². The highest BCUT2D eigenvalue weighted by molar-refractivity contribution is 14.1. The summed E-state index contributed by atoms with van der Waals surface area (Å²) < 4.78 is 0.610. The van der Waals surface area contributed by atoms with Crippen LogP contribution in [0.5, 0.6) is 0 Å². The summed E-state index contributed by atoms with van der Waals surface area (Å²) >= 11 is 2.01. The van der Waals surface area contributed by atoms with Crippen LogP contribution in [0.3, 0.4) is 0 Å². The van der Waals surface area contributed by atoms with Gasteiger partial charge >= 0.3 is 0 Å². The molecule has 2 aromatic rings. The van der Waals surface area contributed by atoms with Crippen LogP contribution in [0.25, 0.3) is 0 Å². The third-order valence-corrected chi connectivity index (χ3v) is 3.54. The molecule has 5 nitrogen and oxygen atoms in total. The van der Waals surface area contributed by atoms with Gasteiger partial charge in [-0.3, -0.25) is 9.78 Å². The number of pyridine rings is 1. The van der Waals surface area contributed by atoms with Gasteiger partial charge in [-0.1, -0.05) is 6.07 Å². The zero-order chi connectivity index (χ0) is 13.0. The molecule has 0 unspecified atom stereocenters. The van der Waals surface area contributed by atoms with E-state index in [1.54, 1.807) is 6.20 Å². The van der Waals surface area contributed by atoms with Crippen molar-refractivity contribution in [3.05, 3.63) is 50.3 Å². The Labute approximate surface area is 118 Å². The van der Waals surface area contributed by atoms with Gasteiger partial charge in [-0.05, 0) is 34.7 Å². The van der Waals surface area contributed by atoms with E-state index in [9.17, 15) is 4.79 Å². The SMILES string of the molecule is CN(CCc1ccccn1)c1nc[nH]c(=O)c1I. The summed E-state index contributed by atoms with van der Waals surface area (Å²) in [7, 11) is 1.92. The van der Waals surface area contributed by atoms with E-state index in [4.69, 9.17) is 0 Å². The van der Waals surface area contributed by atoms with Crippen LogP contribution in [0.2, 0.25) is 0 Å². The van der Waals surface area contributed by atoms with E-state index in [0.29, 0.717) is 9.39 Å². The molecule has 0 saturated carbocycles. The van der Waals surface area contributed by atoms with E-state index in [2.05, 4.69) is 15.0 Å². The predicted molar refractivity (Wildman–Crippen MR) is 78.8 cm³/mol. The van der Waals surface area contributed by atoms with Crippen LogP contribution < -0.4 is 10.5 Å². The summed E-state index contributed by atoms with van der Waals surface area (Å²) in [5.74, 6) is 0.704. The van der Waals surface area contributed by atoms with Gasteiger partial charge in [0.2, 0.25) is 0 Å². The molecule has 94 valence electrons. The van der Waals surface area contributed by atoms with Gasteiger partial charge in [-0.25, -0.2) is 4.98 Å². The van der Waals surface area contributed by atoms with Crippen molar-refractivity contribution < 1.29 is 0 Å². The molecule has 0 atom stereocenters. The molecule has 0 amide bonds. The molecular weight excluding hydrogens is 343 g/mol. The second kappa shape index (κ2) is 5.94. The summed E-state index contributed by atoms with van der Waals surface area (Å²) in [6.07, 6.45) is 4.03. The molecule has 0 aliphatic carbocycles. The van der Waals surface area contributed by atoms with Gasteiger partial charge in [-0.15, -0.1) is 0 Å². The maximum atomic E-state index is 11.5. The van der Waals surface area contributed by atoms with Crippen LogP contribution in [0, 0.1) is 3.57 Å². The molecule has 0 aromatic carbocycles. The van der Waals surface area contributed by atoms with Gasteiger partial charge in [0.25, 0.3) is 5.56 Å². The number of aromatic amines is 1. The average Bonchev–Trinajstić information content (AvgIpc) is 2.40. The number of anilines is 1. The van der Waals surface area contributed by atoms with Crippen molar-refractivity contribution in [1.82, 2.24) is 15.0 Å². The molecule has 2 aromatic heterocycles. The number of nitrogens with zero attached hydrogens (tertiary/aromatic N) is 3. The molecule has 0 radical (unpaired) electrons. The van der Waals surface area contributed by atoms with E-state index in [1.807, 2.05) is 52.7 Å². The van der Waals surface area contributed by atoms with Crippen molar-refractivity contribution in [2.24, 2.45) is 0 Å². The fraction of sp³-hybridized carbons (Fsp3) is 0.250. The number of nitrogens with one attached hydrogen (secondary N) is 1. The fourth-order valence-electron chi connectivity index (χ4n) is 1.57. The first-order valence-corrected chi connectivity index (χ1v) is 6.60. The Balaban J connectivity index is 2.06. The van der Waals surface area contributed by atoms with E-state index in [1.165, 1.54) is 6.33 Å². The second-order valence-corrected chi connectivity index (χ2v) is 4.94. The zero-order valence-electron chi connectivity index (χ0n) is 9.93. The first-order valence-electron chi connectivity index (χ1n) is 5.52. The summed E-state index contributed by atoms with van der Waals surface area (Å²) in [5.41, 5.74) is 0.925. The lowest BCUT2D eigenvalue weighted by molar-refractivity contribution is 0.830. The molecule has 18 heavy (non-hydrogen) atoms. The van der Waals surface area contributed by atoms with Crippen LogP contribution >= 0.6 is 22.6 Å². The van der Waals surface area contributed by atoms with E-state index < -0.39 is 0 Å². The van der Waals surface area contributed by atoms with Crippen molar-refractivity contribution in [3.8, 4) is 0 Å². The van der Waals surface area contributed by atoms with Crippen LogP contribution in [0.15, 0.2) is 35.5 Å². The Morgan fingerprint density at radius 1 is 1.39 bits per heavy atom. The number of aromatic nitrogens is 3. The van der Waals surface area contributed by atoms with Crippen molar-refractivity contribution in [2.75, 3.05) is 18.5 Å². The Hall–Kier alpha value is -1.44. The number of rotatable bonds is 4. The quantitative estimate of drug-likeness (QED) is 0.843. The molecule has 0 spiro atoms. The van der Waals surface area contributed by atoms with Gasteiger partial charge < -0.3 is 9.88 Å². The summed E-state index contributed by atoms with van der Waals surface area (Å²) in [5, 5.41) is 0. The lowest BCUT2D eigenvalue weighted by Gasteiger charge is -2.18. The van der Waals surface area contributed by atoms with Gasteiger partial charge in [0.1, 0.15) is 9.39 Å². The molecule has 6 heteroatoms. The smallest absolute Gasteiger partial charge is 0.266 e. The van der Waals surface area contributed by atoms with Crippen LogP contribution in [0.4, 0.5) is 5.82 Å². The lowest BCUT2D eigenvalue weighted by atomic mass is 10.2. The Morgan fingerprint density at radius 2 is 2.22 bits per heavy atom. The molecule has 2 rings (SSSR count). The third-order valence-electron chi connectivity index (χ3n) is 2.57. The lowest BCUT2D eigenvalue weighted by Crippen LogP contribution is -2.26. The van der Waals surface area contributed by atoms with Gasteiger partial charge in [0.15, 0.2) is 0 Å². The zero-order valence-corrected chi connectivity index (χ0v) is 12.1. The maximum absolute atomic E-state index is 11.5. The fourth-order valence-corrected chi connectivity index (χ4v) is 2.28. The van der Waals surface area contributed by atoms with Crippen molar-refractivity contribution in [1.29, 1.82) is 0 Å². The number of H-pyrrole nitrogens is 1. The second-order valence-electron chi connectivity index (χ2n) is 3.86. The first kappa shape index (κ1) is 13.0. The number of hydrogen-bond donors (Lipinski definition) is 1. The van der Waals surface area contributed by atoms with Gasteiger partial charge in [0, 0.05) is 31.9 Å². The maximum Gasteiger partial charge on any atom is 0.266 e. The number of hydrogen-bond acceptors (Lipinski definition) is 4. The number of halogens is 1. The Morgan fingerprint density at radius 3 is 2.94 bits per heavy atom. The van der Waals surface area contributed by atoms with Gasteiger partial charge in [-0.2, -0.15) is 0 Å². The Bertz CT molecular complexity index is 570. The van der Waals surface area contributed by atoms with Crippen molar-refractivity contribution in [3.63, 3.8) is 0 Å². The summed E-state index contributed by atoms with van der Waals surface area (Å²) in [6, 6.07) is 5.86. The summed E-state index contributed by atoms with van der Waals surface area (Å²) in [4.78, 5) is 24.5. The third kappa shape index (κ3) is 3.06. The minimum absolute atomic E-state index is 0.106. The molecule has 0 aliphatic rings. The Kier molecular flexibility index (Phi) is 4.29. The van der Waals surface area contributed by atoms with Crippen LogP contribution in [-0.4, -0.2) is 28.5 Å². The highest BCUT2D eigenvalue weighted by Gasteiger charge is 2.10. The molecule has 2 heterocycles. The predicted octanol–water partition coefficient (Wildman–Crippen LogP) is 1.45. The largest absolute Gasteiger partial charge is 0.358 e. The molecular formula is C12H13IN4O. The van der Waals surface area contributed by atoms with Crippen molar-refractivity contribution >= 4 is 28.4 Å². The average molecular weight is 356 g/mol. The first-order chi connectivity index (χ1) is 8.68. The minimum atomic E-state index is -0.106. The number of likely N-dealkylation sites (N-methyl/N-ethyl adjacent to an activating group) is 1. The molecule has 0 bridgehead atoms. The van der Waals surface area contributed by atoms with Crippen LogP contribution in [0.1, 0.15) is 5.69 Å². The standard InChI is InChI=1S/C12H13IN4O/c1-17(7-5-9-4-2-3-6-14-9)11-10(13)12(18)16-8-15-11/h2-4,6,8H,5,7H2,1H3,(H,15,16,18). The van der Waals surface area contributed by atoms with Gasteiger partial charge in [0.05, 0.1) is 6.33 Å². The normalized spacial score (nSPS) is 10.3.